The van der Waals surface area contributed by atoms with E-state index >= 15 is 0 Å². The van der Waals surface area contributed by atoms with E-state index in [0.29, 0.717) is 0 Å². The van der Waals surface area contributed by atoms with Crippen molar-refractivity contribution in [2.45, 2.75) is 96.8 Å². The van der Waals surface area contributed by atoms with E-state index in [2.05, 4.69) is 13.0 Å². The molecule has 130 valence electrons. The van der Waals surface area contributed by atoms with Gasteiger partial charge in [0.1, 0.15) is 0 Å². The maximum absolute atomic E-state index is 8.52. The van der Waals surface area contributed by atoms with Gasteiger partial charge in [-0.3, -0.25) is 0 Å². The van der Waals surface area contributed by atoms with Gasteiger partial charge in [-0.05, 0) is 62.2 Å². The van der Waals surface area contributed by atoms with E-state index in [1.165, 1.54) is 83.5 Å². The van der Waals surface area contributed by atoms with Crippen LogP contribution in [0.25, 0.3) is 0 Å². The van der Waals surface area contributed by atoms with E-state index in [0.717, 1.165) is 30.1 Å². The molecule has 0 amide bonds. The molecule has 1 nitrogen and oxygen atoms in total. The quantitative estimate of drug-likeness (QED) is 0.348. The first-order chi connectivity index (χ1) is 11.3. The number of nitrogens with zero attached hydrogens (tertiary/aromatic N) is 1. The summed E-state index contributed by atoms with van der Waals surface area (Å²) in [6.45, 7) is 2.31. The zero-order chi connectivity index (χ0) is 16.3. The minimum absolute atomic E-state index is 0.931. The van der Waals surface area contributed by atoms with Crippen molar-refractivity contribution in [2.75, 3.05) is 0 Å². The van der Waals surface area contributed by atoms with Gasteiger partial charge >= 0.3 is 0 Å². The van der Waals surface area contributed by atoms with Crippen molar-refractivity contribution in [2.24, 2.45) is 23.7 Å². The maximum Gasteiger partial charge on any atom is 0.0908 e. The second-order valence-corrected chi connectivity index (χ2v) is 8.17. The Morgan fingerprint density at radius 2 is 1.39 bits per heavy atom. The van der Waals surface area contributed by atoms with Crippen molar-refractivity contribution in [1.82, 2.24) is 0 Å². The first kappa shape index (κ1) is 18.6. The smallest absolute Gasteiger partial charge is 0.0908 e. The molecule has 0 aromatic rings. The molecule has 0 aromatic carbocycles. The molecule has 0 saturated heterocycles. The predicted molar refractivity (Wildman–Crippen MR) is 99.0 cm³/mol. The topological polar surface area (TPSA) is 23.8 Å². The van der Waals surface area contributed by atoms with Gasteiger partial charge in [-0.2, -0.15) is 5.26 Å². The summed E-state index contributed by atoms with van der Waals surface area (Å²) in [5.74, 6) is 4.08. The van der Waals surface area contributed by atoms with Crippen molar-refractivity contribution in [3.8, 4) is 6.07 Å². The molecule has 2 fully saturated rings. The van der Waals surface area contributed by atoms with Crippen LogP contribution in [0.15, 0.2) is 12.2 Å². The lowest BCUT2D eigenvalue weighted by atomic mass is 9.68. The van der Waals surface area contributed by atoms with Gasteiger partial charge in [-0.25, -0.2) is 0 Å². The van der Waals surface area contributed by atoms with Crippen LogP contribution in [0.4, 0.5) is 0 Å². The Hall–Kier alpha value is -0.770. The van der Waals surface area contributed by atoms with Gasteiger partial charge < -0.3 is 0 Å². The Bertz CT molecular complexity index is 362. The van der Waals surface area contributed by atoms with Gasteiger partial charge in [0.15, 0.2) is 0 Å². The van der Waals surface area contributed by atoms with E-state index in [-0.39, 0.29) is 0 Å². The molecule has 0 heterocycles. The second kappa shape index (κ2) is 10.9. The lowest BCUT2D eigenvalue weighted by Crippen LogP contribution is -2.25. The molecule has 0 aromatic heterocycles. The Kier molecular flexibility index (Phi) is 8.80. The van der Waals surface area contributed by atoms with Crippen LogP contribution in [-0.2, 0) is 0 Å². The average Bonchev–Trinajstić information content (AvgIpc) is 2.60. The van der Waals surface area contributed by atoms with E-state index in [4.69, 9.17) is 5.26 Å². The highest BCUT2D eigenvalue weighted by atomic mass is 14.4. The molecule has 2 saturated carbocycles. The van der Waals surface area contributed by atoms with Crippen LogP contribution in [0.3, 0.4) is 0 Å². The minimum Gasteiger partial charge on any atom is -0.193 e. The normalized spacial score (nSPS) is 32.0. The average molecular weight is 316 g/mol. The van der Waals surface area contributed by atoms with Gasteiger partial charge in [-0.15, -0.1) is 0 Å². The van der Waals surface area contributed by atoms with Crippen molar-refractivity contribution in [3.05, 3.63) is 12.2 Å². The molecule has 23 heavy (non-hydrogen) atoms. The van der Waals surface area contributed by atoms with Crippen molar-refractivity contribution in [1.29, 1.82) is 5.26 Å². The minimum atomic E-state index is 0.931. The summed E-state index contributed by atoms with van der Waals surface area (Å²) in [5.41, 5.74) is 0. The fraction of sp³-hybridized carbons (Fsp3) is 0.864. The molecular weight excluding hydrogens is 278 g/mol. The third kappa shape index (κ3) is 6.70. The van der Waals surface area contributed by atoms with E-state index in [9.17, 15) is 0 Å². The number of hydrogen-bond acceptors (Lipinski definition) is 1. The van der Waals surface area contributed by atoms with Gasteiger partial charge in [0.05, 0.1) is 6.07 Å². The third-order valence-corrected chi connectivity index (χ3v) is 6.60. The van der Waals surface area contributed by atoms with Crippen molar-refractivity contribution < 1.29 is 0 Å². The Labute approximate surface area is 144 Å². The van der Waals surface area contributed by atoms with Crippen molar-refractivity contribution >= 4 is 0 Å². The van der Waals surface area contributed by atoms with Crippen LogP contribution < -0.4 is 0 Å². The van der Waals surface area contributed by atoms with E-state index < -0.39 is 0 Å². The Morgan fingerprint density at radius 3 is 1.91 bits per heavy atom. The standard InChI is InChI=1S/C22H37N/c1-2-3-5-8-19-10-14-21(15-11-19)22-16-12-20(13-17-22)9-6-4-7-18-23/h4,7,19-22H,2-3,5-6,8-17H2,1H3/b7-4+/t19-,20?,21-,22?. The molecule has 0 radical (unpaired) electrons. The number of unbranched alkanes of at least 4 members (excludes halogenated alkanes) is 2. The zero-order valence-corrected chi connectivity index (χ0v) is 15.3. The molecule has 0 atom stereocenters. The summed E-state index contributed by atoms with van der Waals surface area (Å²) in [4.78, 5) is 0. The largest absolute Gasteiger partial charge is 0.193 e. The summed E-state index contributed by atoms with van der Waals surface area (Å²) in [6, 6.07) is 2.09. The van der Waals surface area contributed by atoms with Gasteiger partial charge in [0.25, 0.3) is 0 Å². The molecule has 0 spiro atoms. The van der Waals surface area contributed by atoms with Gasteiger partial charge in [-0.1, -0.05) is 64.4 Å². The van der Waals surface area contributed by atoms with Crippen LogP contribution >= 0.6 is 0 Å². The lowest BCUT2D eigenvalue weighted by molar-refractivity contribution is 0.140. The van der Waals surface area contributed by atoms with Crippen LogP contribution in [-0.4, -0.2) is 0 Å². The number of rotatable bonds is 8. The summed E-state index contributed by atoms with van der Waals surface area (Å²) in [7, 11) is 0. The Morgan fingerprint density at radius 1 is 0.826 bits per heavy atom. The van der Waals surface area contributed by atoms with Crippen LogP contribution in [0.1, 0.15) is 96.8 Å². The highest BCUT2D eigenvalue weighted by Gasteiger charge is 2.30. The fourth-order valence-corrected chi connectivity index (χ4v) is 5.05. The first-order valence-corrected chi connectivity index (χ1v) is 10.4. The lowest BCUT2D eigenvalue weighted by Gasteiger charge is -2.38. The number of nitriles is 1. The molecule has 2 rings (SSSR count). The zero-order valence-electron chi connectivity index (χ0n) is 15.3. The highest BCUT2D eigenvalue weighted by molar-refractivity contribution is 5.01. The SMILES string of the molecule is CCCCC[C@H]1CC[C@H](C2CCC(CC/C=C/C#N)CC2)CC1. The van der Waals surface area contributed by atoms with Gasteiger partial charge in [0.2, 0.25) is 0 Å². The molecule has 0 aliphatic heterocycles. The molecule has 1 heteroatoms. The predicted octanol–water partition coefficient (Wildman–Crippen LogP) is 7.04. The number of allylic oxidation sites excluding steroid dienone is 2. The highest BCUT2D eigenvalue weighted by Crippen LogP contribution is 2.43. The van der Waals surface area contributed by atoms with Crippen LogP contribution in [0, 0.1) is 35.0 Å². The molecule has 0 unspecified atom stereocenters. The fourth-order valence-electron chi connectivity index (χ4n) is 5.05. The maximum atomic E-state index is 8.52. The third-order valence-electron chi connectivity index (χ3n) is 6.60. The van der Waals surface area contributed by atoms with E-state index in [1.54, 1.807) is 6.08 Å². The summed E-state index contributed by atoms with van der Waals surface area (Å²) in [6.07, 6.45) is 23.8. The van der Waals surface area contributed by atoms with Crippen molar-refractivity contribution in [3.63, 3.8) is 0 Å². The summed E-state index contributed by atoms with van der Waals surface area (Å²) in [5, 5.41) is 8.52. The van der Waals surface area contributed by atoms with E-state index in [1.807, 2.05) is 6.08 Å². The summed E-state index contributed by atoms with van der Waals surface area (Å²) >= 11 is 0. The van der Waals surface area contributed by atoms with Crippen LogP contribution in [0.5, 0.6) is 0 Å². The molecule has 2 aliphatic carbocycles. The monoisotopic (exact) mass is 315 g/mol. The molecular formula is C22H37N. The van der Waals surface area contributed by atoms with Gasteiger partial charge in [0, 0.05) is 6.08 Å². The second-order valence-electron chi connectivity index (χ2n) is 8.17. The molecule has 0 N–H and O–H groups in total. The molecule has 0 bridgehead atoms. The number of hydrogen-bond donors (Lipinski definition) is 0. The molecule has 2 aliphatic rings. The first-order valence-electron chi connectivity index (χ1n) is 10.4. The Balaban J connectivity index is 1.59. The van der Waals surface area contributed by atoms with Crippen LogP contribution in [0.2, 0.25) is 0 Å². The summed E-state index contributed by atoms with van der Waals surface area (Å²) < 4.78 is 0.